The topological polar surface area (TPSA) is 98.1 Å². The third kappa shape index (κ3) is 6.74. The number of phenolic OH excluding ortho intramolecular Hbond substituents is 1. The number of rotatable bonds is 13. The van der Waals surface area contributed by atoms with Gasteiger partial charge in [-0.15, -0.1) is 6.58 Å². The summed E-state index contributed by atoms with van der Waals surface area (Å²) in [5.41, 5.74) is 2.57. The summed E-state index contributed by atoms with van der Waals surface area (Å²) in [4.78, 5) is 36.7. The molecule has 1 aromatic heterocycles. The molecule has 0 fully saturated rings. The Labute approximate surface area is 245 Å². The fourth-order valence-electron chi connectivity index (χ4n) is 4.81. The third-order valence-electron chi connectivity index (χ3n) is 6.79. The number of nitrogens with one attached hydrogen (secondary N) is 1. The molecule has 0 aliphatic rings. The predicted octanol–water partition coefficient (Wildman–Crippen LogP) is 5.80. The molecule has 1 atom stereocenters. The molecule has 8 nitrogen and oxygen atoms in total. The first-order valence-corrected chi connectivity index (χ1v) is 13.6. The zero-order valence-corrected chi connectivity index (χ0v) is 24.5. The Hall–Kier alpha value is -4.24. The van der Waals surface area contributed by atoms with Crippen LogP contribution in [0.25, 0.3) is 11.3 Å². The van der Waals surface area contributed by atoms with E-state index in [0.29, 0.717) is 55.8 Å². The zero-order chi connectivity index (χ0) is 30.1. The smallest absolute Gasteiger partial charge is 0.219 e. The van der Waals surface area contributed by atoms with Gasteiger partial charge in [0.15, 0.2) is 5.82 Å². The molecular weight excluding hydrogens is 545 g/mol. The molecule has 0 aliphatic carbocycles. The predicted molar refractivity (Wildman–Crippen MR) is 163 cm³/mol. The van der Waals surface area contributed by atoms with E-state index in [4.69, 9.17) is 16.6 Å². The fourth-order valence-corrected chi connectivity index (χ4v) is 5.05. The number of para-hydroxylation sites is 1. The van der Waals surface area contributed by atoms with Gasteiger partial charge in [0.05, 0.1) is 27.5 Å². The lowest BCUT2D eigenvalue weighted by molar-refractivity contribution is -0.109. The van der Waals surface area contributed by atoms with Gasteiger partial charge in [-0.1, -0.05) is 48.9 Å². The number of aromatic nitrogens is 1. The van der Waals surface area contributed by atoms with Crippen LogP contribution in [0.3, 0.4) is 0 Å². The number of hydrogen-bond acceptors (Lipinski definition) is 5. The van der Waals surface area contributed by atoms with Crippen LogP contribution in [0.4, 0.5) is 15.9 Å². The summed E-state index contributed by atoms with van der Waals surface area (Å²) in [6.45, 7) is 10.5. The van der Waals surface area contributed by atoms with Crippen molar-refractivity contribution in [2.45, 2.75) is 39.7 Å². The van der Waals surface area contributed by atoms with Crippen LogP contribution < -0.4 is 10.2 Å². The average molecular weight is 580 g/mol. The third-order valence-corrected chi connectivity index (χ3v) is 7.08. The quantitative estimate of drug-likeness (QED) is 0.115. The first-order chi connectivity index (χ1) is 19.7. The Morgan fingerprint density at radius 1 is 1.27 bits per heavy atom. The minimum absolute atomic E-state index is 0.0248. The molecule has 0 spiro atoms. The lowest BCUT2D eigenvalue weighted by Gasteiger charge is -2.34. The van der Waals surface area contributed by atoms with Crippen LogP contribution in [0.15, 0.2) is 60.1 Å². The van der Waals surface area contributed by atoms with Gasteiger partial charge in [0, 0.05) is 26.2 Å². The number of carbonyl (C=O) groups excluding carboxylic acids is 2. The standard InChI is InChI=1S/C31H35ClFN5O3/c1-6-8-15-37(21(4)17-35-18-39)30(34-5)23-16-24(32)28(27-25(33)13-10-14-26(27)41)36-31(23)38(19-40)29-20(3)11-9-12-22(29)7-2/h6,9-14,16,18-19,21,41H,1,7-8,15,17H2,2-5H3,(H,35,39). The highest BCUT2D eigenvalue weighted by Crippen LogP contribution is 2.40. The number of amides is 2. The summed E-state index contributed by atoms with van der Waals surface area (Å²) < 4.78 is 15.0. The molecule has 2 amide bonds. The minimum atomic E-state index is -0.716. The van der Waals surface area contributed by atoms with E-state index in [1.54, 1.807) is 19.2 Å². The number of aliphatic imine (C=N–C) groups is 1. The summed E-state index contributed by atoms with van der Waals surface area (Å²) in [7, 11) is 1.61. The zero-order valence-electron chi connectivity index (χ0n) is 23.7. The van der Waals surface area contributed by atoms with E-state index >= 15 is 4.39 Å². The lowest BCUT2D eigenvalue weighted by atomic mass is 10.0. The van der Waals surface area contributed by atoms with Crippen molar-refractivity contribution in [2.24, 2.45) is 4.99 Å². The normalized spacial score (nSPS) is 12.0. The minimum Gasteiger partial charge on any atom is -0.507 e. The number of halogens is 2. The van der Waals surface area contributed by atoms with Crippen LogP contribution >= 0.6 is 11.6 Å². The van der Waals surface area contributed by atoms with Gasteiger partial charge < -0.3 is 15.3 Å². The molecule has 2 N–H and O–H groups in total. The summed E-state index contributed by atoms with van der Waals surface area (Å²) in [5, 5.41) is 13.3. The Kier molecular flexibility index (Phi) is 11.0. The number of aryl methyl sites for hydroxylation is 2. The molecule has 3 aromatic rings. The van der Waals surface area contributed by atoms with Crippen LogP contribution in [0, 0.1) is 12.7 Å². The molecule has 41 heavy (non-hydrogen) atoms. The Balaban J connectivity index is 2.40. The largest absolute Gasteiger partial charge is 0.507 e. The van der Waals surface area contributed by atoms with E-state index < -0.39 is 5.82 Å². The van der Waals surface area contributed by atoms with Crippen LogP contribution in [0.1, 0.15) is 37.0 Å². The number of aromatic hydroxyl groups is 1. The van der Waals surface area contributed by atoms with Crippen molar-refractivity contribution in [1.82, 2.24) is 15.2 Å². The van der Waals surface area contributed by atoms with Gasteiger partial charge in [-0.05, 0) is 56.0 Å². The highest BCUT2D eigenvalue weighted by Gasteiger charge is 2.29. The SMILES string of the molecule is C=CCCN(C(=NC)c1cc(Cl)c(-c2c(O)cccc2F)nc1N(C=O)c1c(C)cccc1CC)C(C)CNC=O. The number of hydrogen-bond donors (Lipinski definition) is 2. The molecular formula is C31H35ClFN5O3. The molecule has 3 rings (SSSR count). The van der Waals surface area contributed by atoms with Crippen LogP contribution in [-0.2, 0) is 16.0 Å². The molecule has 2 aromatic carbocycles. The Morgan fingerprint density at radius 3 is 2.61 bits per heavy atom. The number of phenols is 1. The van der Waals surface area contributed by atoms with E-state index in [9.17, 15) is 14.7 Å². The maximum absolute atomic E-state index is 15.0. The van der Waals surface area contributed by atoms with E-state index in [-0.39, 0.29) is 33.9 Å². The molecule has 0 radical (unpaired) electrons. The van der Waals surface area contributed by atoms with E-state index in [0.717, 1.165) is 11.1 Å². The lowest BCUT2D eigenvalue weighted by Crippen LogP contribution is -2.45. The first-order valence-electron chi connectivity index (χ1n) is 13.3. The fraction of sp³-hybridized carbons (Fsp3) is 0.290. The molecule has 1 heterocycles. The van der Waals surface area contributed by atoms with Gasteiger partial charge in [0.1, 0.15) is 17.4 Å². The molecule has 1 unspecified atom stereocenters. The van der Waals surface area contributed by atoms with Crippen molar-refractivity contribution < 1.29 is 19.1 Å². The number of carbonyl (C=O) groups is 2. The molecule has 0 saturated heterocycles. The molecule has 216 valence electrons. The second kappa shape index (κ2) is 14.4. The number of amidine groups is 1. The van der Waals surface area contributed by atoms with Crippen LogP contribution in [0.2, 0.25) is 5.02 Å². The average Bonchev–Trinajstić information content (AvgIpc) is 2.96. The highest BCUT2D eigenvalue weighted by molar-refractivity contribution is 6.33. The number of nitrogens with zero attached hydrogens (tertiary/aromatic N) is 4. The maximum atomic E-state index is 15.0. The second-order valence-corrected chi connectivity index (χ2v) is 9.84. The van der Waals surface area contributed by atoms with E-state index in [1.165, 1.54) is 23.1 Å². The summed E-state index contributed by atoms with van der Waals surface area (Å²) in [6.07, 6.45) is 4.31. The van der Waals surface area contributed by atoms with Crippen molar-refractivity contribution in [3.05, 3.63) is 82.6 Å². The molecule has 10 heteroatoms. The molecule has 0 aliphatic heterocycles. The molecule has 0 saturated carbocycles. The Morgan fingerprint density at radius 2 is 2.00 bits per heavy atom. The van der Waals surface area contributed by atoms with Crippen molar-refractivity contribution in [1.29, 1.82) is 0 Å². The van der Waals surface area contributed by atoms with Crippen LogP contribution in [-0.4, -0.2) is 59.8 Å². The van der Waals surface area contributed by atoms with E-state index in [2.05, 4.69) is 16.9 Å². The van der Waals surface area contributed by atoms with Gasteiger partial charge in [-0.3, -0.25) is 19.5 Å². The number of pyridine rings is 1. The van der Waals surface area contributed by atoms with Gasteiger partial charge >= 0.3 is 0 Å². The second-order valence-electron chi connectivity index (χ2n) is 9.43. The van der Waals surface area contributed by atoms with Crippen molar-refractivity contribution in [3.63, 3.8) is 0 Å². The summed E-state index contributed by atoms with van der Waals surface area (Å²) >= 11 is 6.74. The Bertz CT molecular complexity index is 1430. The molecule has 0 bridgehead atoms. The highest BCUT2D eigenvalue weighted by atomic mass is 35.5. The maximum Gasteiger partial charge on any atom is 0.219 e. The van der Waals surface area contributed by atoms with Gasteiger partial charge in [-0.2, -0.15) is 0 Å². The van der Waals surface area contributed by atoms with Gasteiger partial charge in [0.2, 0.25) is 12.8 Å². The van der Waals surface area contributed by atoms with Crippen molar-refractivity contribution >= 4 is 41.8 Å². The van der Waals surface area contributed by atoms with Crippen molar-refractivity contribution in [2.75, 3.05) is 25.0 Å². The van der Waals surface area contributed by atoms with E-state index in [1.807, 2.05) is 43.9 Å². The van der Waals surface area contributed by atoms with Crippen LogP contribution in [0.5, 0.6) is 5.75 Å². The van der Waals surface area contributed by atoms with Gasteiger partial charge in [0.25, 0.3) is 0 Å². The van der Waals surface area contributed by atoms with Crippen molar-refractivity contribution in [3.8, 4) is 17.0 Å². The summed E-state index contributed by atoms with van der Waals surface area (Å²) in [5.74, 6) is -0.442. The van der Waals surface area contributed by atoms with Gasteiger partial charge in [-0.25, -0.2) is 9.37 Å². The number of anilines is 2. The first kappa shape index (κ1) is 31.3. The summed E-state index contributed by atoms with van der Waals surface area (Å²) in [6, 6.07) is 11.0. The monoisotopic (exact) mass is 579 g/mol. The number of benzene rings is 2.